The van der Waals surface area contributed by atoms with Crippen molar-refractivity contribution in [2.75, 3.05) is 17.8 Å². The molecule has 0 saturated carbocycles. The quantitative estimate of drug-likeness (QED) is 0.698. The molecule has 0 aliphatic carbocycles. The number of carboxylic acids is 1. The number of carbonyl (C=O) groups is 1. The molecule has 0 spiro atoms. The molecule has 0 unspecified atom stereocenters. The molecule has 6 nitrogen and oxygen atoms in total. The van der Waals surface area contributed by atoms with Gasteiger partial charge in [0, 0.05) is 16.7 Å². The fourth-order valence-corrected chi connectivity index (χ4v) is 4.35. The van der Waals surface area contributed by atoms with E-state index in [1.807, 2.05) is 0 Å². The monoisotopic (exact) mass is 444 g/mol. The van der Waals surface area contributed by atoms with Gasteiger partial charge in [0.25, 0.3) is 0 Å². The molecule has 1 fully saturated rings. The second-order valence-corrected chi connectivity index (χ2v) is 8.07. The van der Waals surface area contributed by atoms with Crippen molar-refractivity contribution in [1.29, 1.82) is 0 Å². The number of nitrogens with zero attached hydrogens (tertiary/aromatic N) is 1. The normalized spacial score (nSPS) is 17.6. The van der Waals surface area contributed by atoms with E-state index in [1.165, 1.54) is 4.31 Å². The molecule has 0 amide bonds. The standard InChI is InChI=1S/C12H14ClIN2O4S/c13-10-7-9(14)1-2-11(10)15-21(19,20)16-5-3-8(4-6-16)12(17)18/h1-2,7-8,15H,3-6H2,(H,17,18). The summed E-state index contributed by atoms with van der Waals surface area (Å²) in [5, 5.41) is 9.25. The Morgan fingerprint density at radius 3 is 2.52 bits per heavy atom. The SMILES string of the molecule is O=C(O)C1CCN(S(=O)(=O)Nc2ccc(I)cc2Cl)CC1. The summed E-state index contributed by atoms with van der Waals surface area (Å²) in [5.74, 6) is -1.35. The van der Waals surface area contributed by atoms with Crippen LogP contribution in [0.2, 0.25) is 5.02 Å². The van der Waals surface area contributed by atoms with Gasteiger partial charge in [-0.2, -0.15) is 12.7 Å². The maximum atomic E-state index is 12.3. The lowest BCUT2D eigenvalue weighted by Crippen LogP contribution is -2.42. The summed E-state index contributed by atoms with van der Waals surface area (Å²) in [4.78, 5) is 10.9. The van der Waals surface area contributed by atoms with Crippen LogP contribution in [-0.2, 0) is 15.0 Å². The van der Waals surface area contributed by atoms with Gasteiger partial charge in [-0.1, -0.05) is 11.6 Å². The van der Waals surface area contributed by atoms with Crippen molar-refractivity contribution in [2.24, 2.45) is 5.92 Å². The van der Waals surface area contributed by atoms with Crippen LogP contribution < -0.4 is 4.72 Å². The first-order valence-electron chi connectivity index (χ1n) is 6.25. The van der Waals surface area contributed by atoms with E-state index in [0.717, 1.165) is 3.57 Å². The van der Waals surface area contributed by atoms with Gasteiger partial charge >= 0.3 is 16.2 Å². The summed E-state index contributed by atoms with van der Waals surface area (Å²) in [6, 6.07) is 5.02. The Kier molecular flexibility index (Phi) is 5.33. The highest BCUT2D eigenvalue weighted by molar-refractivity contribution is 14.1. The van der Waals surface area contributed by atoms with E-state index < -0.39 is 22.1 Å². The van der Waals surface area contributed by atoms with Crippen LogP contribution in [0.3, 0.4) is 0 Å². The van der Waals surface area contributed by atoms with Crippen LogP contribution >= 0.6 is 34.2 Å². The third kappa shape index (κ3) is 4.21. The van der Waals surface area contributed by atoms with Gasteiger partial charge in [0.2, 0.25) is 0 Å². The van der Waals surface area contributed by atoms with E-state index in [-0.39, 0.29) is 13.1 Å². The number of hydrogen-bond acceptors (Lipinski definition) is 3. The average Bonchev–Trinajstić information content (AvgIpc) is 2.42. The Morgan fingerprint density at radius 1 is 1.38 bits per heavy atom. The fourth-order valence-electron chi connectivity index (χ4n) is 2.12. The van der Waals surface area contributed by atoms with E-state index in [2.05, 4.69) is 27.3 Å². The number of benzene rings is 1. The molecule has 2 rings (SSSR count). The fraction of sp³-hybridized carbons (Fsp3) is 0.417. The molecular weight excluding hydrogens is 431 g/mol. The minimum atomic E-state index is -3.72. The lowest BCUT2D eigenvalue weighted by Gasteiger charge is -2.29. The predicted octanol–water partition coefficient (Wildman–Crippen LogP) is 2.40. The number of aliphatic carboxylic acids is 1. The van der Waals surface area contributed by atoms with Gasteiger partial charge in [0.15, 0.2) is 0 Å². The summed E-state index contributed by atoms with van der Waals surface area (Å²) in [6.07, 6.45) is 0.632. The minimum absolute atomic E-state index is 0.189. The summed E-state index contributed by atoms with van der Waals surface area (Å²) in [7, 11) is -3.72. The van der Waals surface area contributed by atoms with Crippen molar-refractivity contribution in [3.63, 3.8) is 0 Å². The molecule has 1 aromatic rings. The second-order valence-electron chi connectivity index (χ2n) is 4.74. The molecule has 9 heteroatoms. The average molecular weight is 445 g/mol. The van der Waals surface area contributed by atoms with Gasteiger partial charge in [-0.15, -0.1) is 0 Å². The first-order chi connectivity index (χ1) is 9.79. The van der Waals surface area contributed by atoms with Crippen LogP contribution in [0, 0.1) is 9.49 Å². The first kappa shape index (κ1) is 16.8. The number of halogens is 2. The zero-order valence-corrected chi connectivity index (χ0v) is 14.7. The smallest absolute Gasteiger partial charge is 0.306 e. The molecule has 0 atom stereocenters. The van der Waals surface area contributed by atoms with Crippen LogP contribution in [0.15, 0.2) is 18.2 Å². The number of anilines is 1. The van der Waals surface area contributed by atoms with Gasteiger partial charge in [-0.25, -0.2) is 0 Å². The van der Waals surface area contributed by atoms with Crippen LogP contribution in [0.25, 0.3) is 0 Å². The Hall–Kier alpha value is -0.580. The van der Waals surface area contributed by atoms with Crippen molar-refractivity contribution in [3.05, 3.63) is 26.8 Å². The maximum Gasteiger partial charge on any atom is 0.306 e. The second kappa shape index (κ2) is 6.67. The van der Waals surface area contributed by atoms with Crippen LogP contribution in [0.5, 0.6) is 0 Å². The number of hydrogen-bond donors (Lipinski definition) is 2. The molecule has 0 bridgehead atoms. The van der Waals surface area contributed by atoms with Gasteiger partial charge in [-0.05, 0) is 53.6 Å². The third-order valence-corrected chi connectivity index (χ3v) is 5.82. The molecule has 1 heterocycles. The molecule has 1 saturated heterocycles. The summed E-state index contributed by atoms with van der Waals surface area (Å²) in [6.45, 7) is 0.378. The van der Waals surface area contributed by atoms with Crippen molar-refractivity contribution >= 4 is 56.1 Å². The molecular formula is C12H14ClIN2O4S. The van der Waals surface area contributed by atoms with Crippen molar-refractivity contribution in [3.8, 4) is 0 Å². The zero-order valence-electron chi connectivity index (χ0n) is 10.9. The Morgan fingerprint density at radius 2 is 2.00 bits per heavy atom. The Bertz CT molecular complexity index is 645. The van der Waals surface area contributed by atoms with Crippen LogP contribution in [0.4, 0.5) is 5.69 Å². The predicted molar refractivity (Wildman–Crippen MR) is 88.6 cm³/mol. The lowest BCUT2D eigenvalue weighted by molar-refractivity contribution is -0.142. The van der Waals surface area contributed by atoms with E-state index in [0.29, 0.717) is 23.6 Å². The molecule has 0 aromatic heterocycles. The summed E-state index contributed by atoms with van der Waals surface area (Å²) in [5.41, 5.74) is 0.317. The van der Waals surface area contributed by atoms with Gasteiger partial charge in [-0.3, -0.25) is 9.52 Å². The van der Waals surface area contributed by atoms with Gasteiger partial charge in [0.1, 0.15) is 0 Å². The topological polar surface area (TPSA) is 86.7 Å². The van der Waals surface area contributed by atoms with Crippen molar-refractivity contribution < 1.29 is 18.3 Å². The highest BCUT2D eigenvalue weighted by Crippen LogP contribution is 2.27. The number of carboxylic acid groups (broad SMARTS) is 1. The van der Waals surface area contributed by atoms with Crippen LogP contribution in [0.1, 0.15) is 12.8 Å². The number of nitrogens with one attached hydrogen (secondary N) is 1. The third-order valence-electron chi connectivity index (χ3n) is 3.31. The van der Waals surface area contributed by atoms with E-state index >= 15 is 0 Å². The molecule has 1 aromatic carbocycles. The summed E-state index contributed by atoms with van der Waals surface area (Å²) < 4.78 is 29.2. The Balaban J connectivity index is 2.07. The number of rotatable bonds is 4. The zero-order chi connectivity index (χ0) is 15.6. The first-order valence-corrected chi connectivity index (χ1v) is 9.15. The maximum absolute atomic E-state index is 12.3. The minimum Gasteiger partial charge on any atom is -0.481 e. The van der Waals surface area contributed by atoms with E-state index in [1.54, 1.807) is 18.2 Å². The van der Waals surface area contributed by atoms with Crippen LogP contribution in [-0.4, -0.2) is 36.9 Å². The molecule has 1 aliphatic rings. The van der Waals surface area contributed by atoms with E-state index in [4.69, 9.17) is 16.7 Å². The molecule has 116 valence electrons. The Labute approximate surface area is 141 Å². The van der Waals surface area contributed by atoms with Crippen molar-refractivity contribution in [2.45, 2.75) is 12.8 Å². The van der Waals surface area contributed by atoms with E-state index in [9.17, 15) is 13.2 Å². The number of piperidine rings is 1. The highest BCUT2D eigenvalue weighted by Gasteiger charge is 2.31. The largest absolute Gasteiger partial charge is 0.481 e. The van der Waals surface area contributed by atoms with Gasteiger partial charge < -0.3 is 5.11 Å². The van der Waals surface area contributed by atoms with Gasteiger partial charge in [0.05, 0.1) is 16.6 Å². The molecule has 21 heavy (non-hydrogen) atoms. The molecule has 2 N–H and O–H groups in total. The molecule has 1 aliphatic heterocycles. The highest BCUT2D eigenvalue weighted by atomic mass is 127. The molecule has 0 radical (unpaired) electrons. The van der Waals surface area contributed by atoms with Crippen molar-refractivity contribution in [1.82, 2.24) is 4.31 Å². The lowest BCUT2D eigenvalue weighted by atomic mass is 9.99. The summed E-state index contributed by atoms with van der Waals surface area (Å²) >= 11 is 8.09.